The fourth-order valence-corrected chi connectivity index (χ4v) is 4.60. The van der Waals surface area contributed by atoms with Crippen LogP contribution in [-0.4, -0.2) is 31.0 Å². The second-order valence-electron chi connectivity index (χ2n) is 7.89. The number of ether oxygens (including phenoxy) is 1. The van der Waals surface area contributed by atoms with Gasteiger partial charge in [-0.15, -0.1) is 0 Å². The number of furan rings is 1. The van der Waals surface area contributed by atoms with Gasteiger partial charge in [-0.25, -0.2) is 0 Å². The minimum absolute atomic E-state index is 0.0507. The second-order valence-corrected chi connectivity index (χ2v) is 8.73. The molecule has 1 saturated heterocycles. The summed E-state index contributed by atoms with van der Waals surface area (Å²) >= 11 is 12.5. The maximum Gasteiger partial charge on any atom is 0.246 e. The molecule has 0 atom stereocenters. The predicted molar refractivity (Wildman–Crippen MR) is 127 cm³/mol. The number of halogens is 2. The van der Waals surface area contributed by atoms with Gasteiger partial charge in [0, 0.05) is 52.3 Å². The number of fused-ring (bicyclic) bond motifs is 1. The van der Waals surface area contributed by atoms with E-state index in [4.69, 9.17) is 32.4 Å². The molecule has 1 aliphatic heterocycles. The summed E-state index contributed by atoms with van der Waals surface area (Å²) in [6, 6.07) is 9.25. The average molecular weight is 458 g/mol. The molecule has 162 valence electrons. The lowest BCUT2D eigenvalue weighted by molar-refractivity contribution is -0.125. The van der Waals surface area contributed by atoms with Crippen molar-refractivity contribution in [2.75, 3.05) is 20.2 Å². The molecule has 1 fully saturated rings. The lowest BCUT2D eigenvalue weighted by Crippen LogP contribution is -2.30. The highest BCUT2D eigenvalue weighted by molar-refractivity contribution is 6.36. The Morgan fingerprint density at radius 3 is 2.48 bits per heavy atom. The van der Waals surface area contributed by atoms with E-state index in [2.05, 4.69) is 0 Å². The van der Waals surface area contributed by atoms with Gasteiger partial charge in [0.05, 0.1) is 18.4 Å². The van der Waals surface area contributed by atoms with Gasteiger partial charge in [-0.1, -0.05) is 42.1 Å². The van der Waals surface area contributed by atoms with Crippen molar-refractivity contribution in [1.82, 2.24) is 4.90 Å². The van der Waals surface area contributed by atoms with E-state index < -0.39 is 0 Å². The number of hydrogen-bond donors (Lipinski definition) is 0. The molecule has 0 N–H and O–H groups in total. The molecule has 0 aliphatic carbocycles. The Balaban J connectivity index is 1.75. The van der Waals surface area contributed by atoms with E-state index in [-0.39, 0.29) is 5.91 Å². The van der Waals surface area contributed by atoms with Crippen LogP contribution in [0, 0.1) is 0 Å². The van der Waals surface area contributed by atoms with E-state index in [9.17, 15) is 4.79 Å². The zero-order valence-corrected chi connectivity index (χ0v) is 19.2. The molecule has 3 aromatic rings. The second kappa shape index (κ2) is 9.37. The van der Waals surface area contributed by atoms with Crippen molar-refractivity contribution in [3.8, 4) is 16.9 Å². The molecule has 1 aromatic heterocycles. The number of hydrogen-bond acceptors (Lipinski definition) is 3. The smallest absolute Gasteiger partial charge is 0.246 e. The van der Waals surface area contributed by atoms with Gasteiger partial charge in [0.2, 0.25) is 5.91 Å². The Morgan fingerprint density at radius 2 is 1.81 bits per heavy atom. The van der Waals surface area contributed by atoms with Crippen LogP contribution in [-0.2, 0) is 4.79 Å². The summed E-state index contributed by atoms with van der Waals surface area (Å²) in [7, 11) is 1.62. The first-order valence-corrected chi connectivity index (χ1v) is 11.3. The number of carbonyl (C=O) groups excluding carboxylic acids is 1. The van der Waals surface area contributed by atoms with Crippen molar-refractivity contribution < 1.29 is 13.9 Å². The number of methoxy groups -OCH3 is 1. The van der Waals surface area contributed by atoms with Crippen LogP contribution in [0.1, 0.15) is 38.2 Å². The summed E-state index contributed by atoms with van der Waals surface area (Å²) in [6.07, 6.45) is 7.90. The first kappa shape index (κ1) is 21.8. The van der Waals surface area contributed by atoms with Gasteiger partial charge >= 0.3 is 0 Å². The largest absolute Gasteiger partial charge is 0.496 e. The van der Waals surface area contributed by atoms with Gasteiger partial charge < -0.3 is 14.1 Å². The van der Waals surface area contributed by atoms with Crippen LogP contribution >= 0.6 is 23.2 Å². The summed E-state index contributed by atoms with van der Waals surface area (Å²) < 4.78 is 11.4. The standard InChI is InChI=1S/C25H25Cl2NO3/c1-16(11-25(29)28-9-5-3-4-6-10-28)19-13-20-21(15-31-24(20)14-23(19)30-2)18-8-7-17(26)12-22(18)27/h7-8,11-15H,3-6,9-10H2,1-2H3/b16-11+. The molecule has 31 heavy (non-hydrogen) atoms. The highest BCUT2D eigenvalue weighted by atomic mass is 35.5. The molecule has 0 unspecified atom stereocenters. The number of carbonyl (C=O) groups is 1. The molecule has 1 aliphatic rings. The van der Waals surface area contributed by atoms with Crippen molar-refractivity contribution >= 4 is 45.7 Å². The van der Waals surface area contributed by atoms with Crippen LogP contribution < -0.4 is 4.74 Å². The molecule has 4 rings (SSSR count). The number of benzene rings is 2. The van der Waals surface area contributed by atoms with Gasteiger partial charge in [-0.3, -0.25) is 4.79 Å². The van der Waals surface area contributed by atoms with Crippen LogP contribution in [0.25, 0.3) is 27.7 Å². The molecule has 0 radical (unpaired) electrons. The van der Waals surface area contributed by atoms with Crippen molar-refractivity contribution in [2.45, 2.75) is 32.6 Å². The highest BCUT2D eigenvalue weighted by Crippen LogP contribution is 2.40. The Kier molecular flexibility index (Phi) is 6.59. The van der Waals surface area contributed by atoms with Crippen LogP contribution in [0.2, 0.25) is 10.0 Å². The van der Waals surface area contributed by atoms with E-state index in [0.717, 1.165) is 53.6 Å². The van der Waals surface area contributed by atoms with Crippen LogP contribution in [0.15, 0.2) is 47.1 Å². The fraction of sp³-hybridized carbons (Fsp3) is 0.320. The monoisotopic (exact) mass is 457 g/mol. The molecule has 6 heteroatoms. The third kappa shape index (κ3) is 4.60. The fourth-order valence-electron chi connectivity index (χ4n) is 4.09. The van der Waals surface area contributed by atoms with E-state index >= 15 is 0 Å². The molecule has 0 spiro atoms. The molecule has 4 nitrogen and oxygen atoms in total. The molecular formula is C25H25Cl2NO3. The number of nitrogens with zero attached hydrogens (tertiary/aromatic N) is 1. The third-order valence-electron chi connectivity index (χ3n) is 5.80. The lowest BCUT2D eigenvalue weighted by Gasteiger charge is -2.19. The van der Waals surface area contributed by atoms with E-state index in [1.54, 1.807) is 31.6 Å². The maximum atomic E-state index is 12.9. The maximum absolute atomic E-state index is 12.9. The zero-order valence-electron chi connectivity index (χ0n) is 17.7. The summed E-state index contributed by atoms with van der Waals surface area (Å²) in [5.74, 6) is 0.711. The normalized spacial score (nSPS) is 15.2. The van der Waals surface area contributed by atoms with Crippen molar-refractivity contribution in [1.29, 1.82) is 0 Å². The quantitative estimate of drug-likeness (QED) is 0.388. The van der Waals surface area contributed by atoms with E-state index in [1.807, 2.05) is 30.0 Å². The van der Waals surface area contributed by atoms with Gasteiger partial charge in [-0.05, 0) is 43.5 Å². The van der Waals surface area contributed by atoms with Crippen LogP contribution in [0.5, 0.6) is 5.75 Å². The van der Waals surface area contributed by atoms with Gasteiger partial charge in [-0.2, -0.15) is 0 Å². The van der Waals surface area contributed by atoms with E-state index in [1.165, 1.54) is 12.8 Å². The minimum atomic E-state index is 0.0507. The highest BCUT2D eigenvalue weighted by Gasteiger charge is 2.18. The number of allylic oxidation sites excluding steroid dienone is 1. The third-order valence-corrected chi connectivity index (χ3v) is 6.35. The topological polar surface area (TPSA) is 42.7 Å². The molecule has 0 bridgehead atoms. The molecule has 1 amide bonds. The summed E-state index contributed by atoms with van der Waals surface area (Å²) in [4.78, 5) is 14.8. The Labute approximate surface area is 192 Å². The molecular weight excluding hydrogens is 433 g/mol. The predicted octanol–water partition coefficient (Wildman–Crippen LogP) is 7.22. The number of rotatable bonds is 4. The molecule has 2 aromatic carbocycles. The Hall–Kier alpha value is -2.43. The number of likely N-dealkylation sites (tertiary alicyclic amines) is 1. The van der Waals surface area contributed by atoms with Gasteiger partial charge in [0.15, 0.2) is 0 Å². The Bertz CT molecular complexity index is 1140. The first-order valence-electron chi connectivity index (χ1n) is 10.5. The first-order chi connectivity index (χ1) is 15.0. The summed E-state index contributed by atoms with van der Waals surface area (Å²) in [5, 5.41) is 2.03. The number of amides is 1. The van der Waals surface area contributed by atoms with Crippen molar-refractivity contribution in [2.24, 2.45) is 0 Å². The summed E-state index contributed by atoms with van der Waals surface area (Å²) in [6.45, 7) is 3.58. The van der Waals surface area contributed by atoms with Gasteiger partial charge in [0.25, 0.3) is 0 Å². The van der Waals surface area contributed by atoms with Crippen LogP contribution in [0.3, 0.4) is 0 Å². The minimum Gasteiger partial charge on any atom is -0.496 e. The lowest BCUT2D eigenvalue weighted by atomic mass is 9.99. The average Bonchev–Trinajstić information content (AvgIpc) is 2.96. The van der Waals surface area contributed by atoms with Crippen LogP contribution in [0.4, 0.5) is 0 Å². The zero-order chi connectivity index (χ0) is 22.0. The SMILES string of the molecule is COc1cc2occ(-c3ccc(Cl)cc3Cl)c2cc1/C(C)=C/C(=O)N1CCCCCC1. The molecule has 0 saturated carbocycles. The Morgan fingerprint density at radius 1 is 1.06 bits per heavy atom. The summed E-state index contributed by atoms with van der Waals surface area (Å²) in [5.41, 5.74) is 4.09. The van der Waals surface area contributed by atoms with Crippen molar-refractivity contribution in [3.05, 3.63) is 58.3 Å². The van der Waals surface area contributed by atoms with Gasteiger partial charge in [0.1, 0.15) is 11.3 Å². The van der Waals surface area contributed by atoms with Crippen molar-refractivity contribution in [3.63, 3.8) is 0 Å². The van der Waals surface area contributed by atoms with E-state index in [0.29, 0.717) is 21.4 Å². The molecule has 2 heterocycles.